The summed E-state index contributed by atoms with van der Waals surface area (Å²) in [7, 11) is -16.8. The Bertz CT molecular complexity index is 1660. The van der Waals surface area contributed by atoms with Gasteiger partial charge in [0.25, 0.3) is 5.56 Å². The van der Waals surface area contributed by atoms with E-state index in [0.29, 0.717) is 4.57 Å². The Balaban J connectivity index is -0.00000100. The number of unbranched alkanes of at least 4 members (excludes halogenated alkanes) is 12. The number of aromatic amines is 1. The van der Waals surface area contributed by atoms with Gasteiger partial charge in [-0.1, -0.05) is 160 Å². The summed E-state index contributed by atoms with van der Waals surface area (Å²) < 4.78 is 50.6. The summed E-state index contributed by atoms with van der Waals surface area (Å²) in [6.07, 6.45) is 26.7. The van der Waals surface area contributed by atoms with E-state index in [1.807, 2.05) is 4.98 Å². The molecular weight excluding hydrogens is 1100 g/mol. The first-order valence-corrected chi connectivity index (χ1v) is 36.0. The molecule has 0 bridgehead atoms. The summed E-state index contributed by atoms with van der Waals surface area (Å²) in [5.74, 6) is 0. The van der Waals surface area contributed by atoms with Gasteiger partial charge in [0, 0.05) is 12.3 Å². The maximum Gasteiger partial charge on any atom is 0.490 e. The topological polar surface area (TPSA) is 277 Å². The van der Waals surface area contributed by atoms with Crippen LogP contribution >= 0.6 is 23.5 Å². The monoisotopic (exact) mass is 1220 g/mol. The van der Waals surface area contributed by atoms with Crippen molar-refractivity contribution in [1.82, 2.24) is 29.2 Å². The Hall–Kier alpha value is -1.19. The normalized spacial score (nSPS) is 17.6. The van der Waals surface area contributed by atoms with Crippen LogP contribution in [-0.2, 0) is 31.6 Å². The molecule has 2 rings (SSSR count). The van der Waals surface area contributed by atoms with Gasteiger partial charge in [0.1, 0.15) is 18.3 Å². The van der Waals surface area contributed by atoms with Crippen molar-refractivity contribution < 1.29 is 61.4 Å². The molecule has 2 heterocycles. The molecule has 0 aromatic carbocycles. The van der Waals surface area contributed by atoms with Crippen LogP contribution in [0.3, 0.4) is 0 Å². The highest BCUT2D eigenvalue weighted by Crippen LogP contribution is 2.66. The Morgan fingerprint density at radius 3 is 0.963 bits per heavy atom. The number of hydrogen-bond acceptors (Lipinski definition) is 15. The molecular formula is C57H123N6O15P3. The van der Waals surface area contributed by atoms with Gasteiger partial charge in [0.2, 0.25) is 0 Å². The van der Waals surface area contributed by atoms with Crippen molar-refractivity contribution in [3.05, 3.63) is 33.1 Å². The van der Waals surface area contributed by atoms with E-state index >= 15 is 0 Å². The number of aliphatic hydroxyl groups is 2. The largest absolute Gasteiger partial charge is 0.490 e. The van der Waals surface area contributed by atoms with Crippen LogP contribution in [0.5, 0.6) is 0 Å². The lowest BCUT2D eigenvalue weighted by Crippen LogP contribution is -2.37. The molecule has 0 radical (unpaired) electrons. The van der Waals surface area contributed by atoms with Crippen LogP contribution in [0.1, 0.15) is 243 Å². The zero-order chi connectivity index (χ0) is 62.0. The van der Waals surface area contributed by atoms with E-state index in [-0.39, 0.29) is 0 Å². The molecule has 6 atom stereocenters. The van der Waals surface area contributed by atoms with E-state index in [9.17, 15) is 38.4 Å². The molecule has 1 aliphatic rings. The van der Waals surface area contributed by atoms with Gasteiger partial charge in [-0.15, -0.1) is 0 Å². The molecule has 0 amide bonds. The van der Waals surface area contributed by atoms with Crippen LogP contribution in [0.4, 0.5) is 0 Å². The molecule has 1 fully saturated rings. The summed E-state index contributed by atoms with van der Waals surface area (Å²) in [5.41, 5.74) is -1.74. The first-order chi connectivity index (χ1) is 38.5. The third-order valence-corrected chi connectivity index (χ3v) is 17.0. The fraction of sp³-hybridized carbons (Fsp3) is 0.930. The van der Waals surface area contributed by atoms with E-state index in [0.717, 1.165) is 12.3 Å². The maximum atomic E-state index is 11.7. The van der Waals surface area contributed by atoms with E-state index in [4.69, 9.17) is 19.4 Å². The number of aliphatic hydroxyl groups excluding tert-OH is 2. The van der Waals surface area contributed by atoms with E-state index in [1.165, 1.54) is 233 Å². The summed E-state index contributed by atoms with van der Waals surface area (Å²) in [4.78, 5) is 70.5. The molecule has 1 aliphatic heterocycles. The average molecular weight is 1230 g/mol. The number of phosphoric ester groups is 1. The number of nitrogens with one attached hydrogen (secondary N) is 1. The summed E-state index contributed by atoms with van der Waals surface area (Å²) in [6.45, 7) is 42.1. The van der Waals surface area contributed by atoms with Gasteiger partial charge in [-0.3, -0.25) is 18.9 Å². The predicted octanol–water partition coefficient (Wildman–Crippen LogP) is 12.3. The van der Waals surface area contributed by atoms with E-state index in [1.54, 1.807) is 0 Å². The number of hydrogen-bond donors (Lipinski definition) is 7. The summed E-state index contributed by atoms with van der Waals surface area (Å²) in [5, 5.41) is 19.9. The Morgan fingerprint density at radius 2 is 0.728 bits per heavy atom. The number of nitrogens with zero attached hydrogens (tertiary/aromatic N) is 5. The Labute approximate surface area is 492 Å². The lowest BCUT2D eigenvalue weighted by Gasteiger charge is -2.21. The van der Waals surface area contributed by atoms with Crippen LogP contribution in [0.2, 0.25) is 0 Å². The zero-order valence-corrected chi connectivity index (χ0v) is 55.7. The van der Waals surface area contributed by atoms with Crippen molar-refractivity contribution in [3.8, 4) is 0 Å². The molecule has 1 aromatic rings. The fourth-order valence-electron chi connectivity index (χ4n) is 8.12. The van der Waals surface area contributed by atoms with Crippen molar-refractivity contribution in [2.24, 2.45) is 0 Å². The van der Waals surface area contributed by atoms with Crippen molar-refractivity contribution in [1.29, 1.82) is 0 Å². The second-order valence-electron chi connectivity index (χ2n) is 21.1. The maximum absolute atomic E-state index is 11.7. The molecule has 21 nitrogen and oxygen atoms in total. The minimum absolute atomic E-state index is 0.708. The lowest BCUT2D eigenvalue weighted by molar-refractivity contribution is -0.0542. The van der Waals surface area contributed by atoms with Crippen LogP contribution in [0, 0.1) is 0 Å². The molecule has 7 N–H and O–H groups in total. The standard InChI is InChI=1S/4C12H27N.C9H15N2O15P3/c4*1-4-7-10-13(11-8-5-2)12-9-6-3;12-5-1-2-11(9(15)10-5)8-7(14)6(13)4(24-8)3-23-28(19,20)26-29(21,22)25-27(16,17)18/h4*4-12H2,1-3H3;1-2,4,6-8,13-14H,3H2,(H,19,20)(H,21,22)(H,10,12,15)(H2,16,17,18)/t;;;;4-,6-,7-,8-/m....1/s1. The minimum atomic E-state index is -5.73. The molecule has 1 aromatic heterocycles. The first kappa shape index (κ1) is 84.0. The number of phosphoric acid groups is 3. The average Bonchev–Trinajstić information content (AvgIpc) is 3.70. The van der Waals surface area contributed by atoms with Crippen LogP contribution in [0.25, 0.3) is 0 Å². The van der Waals surface area contributed by atoms with Crippen molar-refractivity contribution in [2.75, 3.05) is 85.1 Å². The molecule has 24 heteroatoms. The van der Waals surface area contributed by atoms with Crippen molar-refractivity contribution >= 4 is 23.5 Å². The van der Waals surface area contributed by atoms with Gasteiger partial charge in [-0.2, -0.15) is 8.62 Å². The third-order valence-electron chi connectivity index (χ3n) is 13.2. The number of H-pyrrole nitrogens is 1. The molecule has 2 unspecified atom stereocenters. The second kappa shape index (κ2) is 54.2. The Morgan fingerprint density at radius 1 is 0.457 bits per heavy atom. The van der Waals surface area contributed by atoms with Gasteiger partial charge >= 0.3 is 29.2 Å². The number of aromatic nitrogens is 2. The molecule has 0 saturated carbocycles. The minimum Gasteiger partial charge on any atom is -0.387 e. The van der Waals surface area contributed by atoms with Crippen LogP contribution < -0.4 is 11.2 Å². The quantitative estimate of drug-likeness (QED) is 0.0299. The molecule has 1 saturated heterocycles. The van der Waals surface area contributed by atoms with Gasteiger partial charge in [0.05, 0.1) is 6.61 Å². The second-order valence-corrected chi connectivity index (χ2v) is 25.5. The summed E-state index contributed by atoms with van der Waals surface area (Å²) >= 11 is 0. The van der Waals surface area contributed by atoms with Crippen LogP contribution in [-0.4, -0.2) is 162 Å². The van der Waals surface area contributed by atoms with Gasteiger partial charge in [0.15, 0.2) is 6.23 Å². The van der Waals surface area contributed by atoms with Crippen molar-refractivity contribution in [3.63, 3.8) is 0 Å². The zero-order valence-electron chi connectivity index (χ0n) is 53.1. The molecule has 0 aliphatic carbocycles. The first-order valence-electron chi connectivity index (χ1n) is 31.5. The Kier molecular flexibility index (Phi) is 56.2. The number of ether oxygens (including phenoxy) is 1. The highest BCUT2D eigenvalue weighted by molar-refractivity contribution is 7.66. The predicted molar refractivity (Wildman–Crippen MR) is 332 cm³/mol. The SMILES string of the molecule is CCCCN(CCCC)CCCC.CCCCN(CCCC)CCCC.CCCCN(CCCC)CCCC.CCCCN(CCCC)CCCC.O=c1ccn([C@@H]2O[C@H](COP(=O)(O)OP(=O)(O)OP(=O)(O)O)[C@@H](O)[C@H]2O)c(=O)[nH]1. The highest BCUT2D eigenvalue weighted by Gasteiger charge is 2.46. The number of rotatable bonds is 44. The van der Waals surface area contributed by atoms with Crippen molar-refractivity contribution in [2.45, 2.75) is 262 Å². The van der Waals surface area contributed by atoms with Crippen LogP contribution in [0.15, 0.2) is 21.9 Å². The molecule has 81 heavy (non-hydrogen) atoms. The molecule has 0 spiro atoms. The highest BCUT2D eigenvalue weighted by atomic mass is 31.3. The molecule has 486 valence electrons. The van der Waals surface area contributed by atoms with Gasteiger partial charge in [-0.05, 0) is 156 Å². The smallest absolute Gasteiger partial charge is 0.387 e. The third kappa shape index (κ3) is 48.6. The lowest BCUT2D eigenvalue weighted by atomic mass is 10.1. The fourth-order valence-corrected chi connectivity index (χ4v) is 11.1. The van der Waals surface area contributed by atoms with Gasteiger partial charge in [-0.25, -0.2) is 18.5 Å². The van der Waals surface area contributed by atoms with E-state index in [2.05, 4.69) is 116 Å². The van der Waals surface area contributed by atoms with Gasteiger partial charge < -0.3 is 54.1 Å². The summed E-state index contributed by atoms with van der Waals surface area (Å²) in [6, 6.07) is 0.920. The van der Waals surface area contributed by atoms with E-state index < -0.39 is 65.9 Å².